The molecule has 1 saturated heterocycles. The van der Waals surface area contributed by atoms with E-state index in [0.717, 1.165) is 37.6 Å². The van der Waals surface area contributed by atoms with Crippen LogP contribution in [0, 0.1) is 17.1 Å². The van der Waals surface area contributed by atoms with E-state index in [9.17, 15) is 9.65 Å². The first kappa shape index (κ1) is 15.4. The normalized spacial score (nSPS) is 15.6. The lowest BCUT2D eigenvalue weighted by Crippen LogP contribution is -2.45. The second kappa shape index (κ2) is 6.31. The fraction of sp³-hybridized carbons (Fsp3) is 0.353. The van der Waals surface area contributed by atoms with Gasteiger partial charge in [-0.25, -0.2) is 4.39 Å². The van der Waals surface area contributed by atoms with Crippen molar-refractivity contribution in [1.29, 1.82) is 5.26 Å². The number of nitrogens with two attached hydrogens (primary N) is 1. The van der Waals surface area contributed by atoms with Crippen LogP contribution in [0.3, 0.4) is 0 Å². The van der Waals surface area contributed by atoms with Gasteiger partial charge in [-0.3, -0.25) is 0 Å². The lowest BCUT2D eigenvalue weighted by atomic mass is 10.2. The number of anilines is 2. The maximum Gasteiger partial charge on any atom is 0.133 e. The molecular formula is C17H20FN5. The van der Waals surface area contributed by atoms with Crippen LogP contribution in [-0.2, 0) is 6.54 Å². The van der Waals surface area contributed by atoms with Crippen LogP contribution in [0.1, 0.15) is 11.3 Å². The molecule has 0 radical (unpaired) electrons. The van der Waals surface area contributed by atoms with Gasteiger partial charge in [0.2, 0.25) is 0 Å². The molecule has 1 aliphatic rings. The van der Waals surface area contributed by atoms with Gasteiger partial charge in [-0.1, -0.05) is 12.1 Å². The number of aromatic nitrogens is 1. The highest BCUT2D eigenvalue weighted by Crippen LogP contribution is 2.29. The van der Waals surface area contributed by atoms with Crippen molar-refractivity contribution in [3.63, 3.8) is 0 Å². The smallest absolute Gasteiger partial charge is 0.133 e. The summed E-state index contributed by atoms with van der Waals surface area (Å²) in [6.45, 7) is 4.17. The van der Waals surface area contributed by atoms with Gasteiger partial charge in [0.05, 0.1) is 12.2 Å². The minimum atomic E-state index is -0.263. The summed E-state index contributed by atoms with van der Waals surface area (Å²) in [5.41, 5.74) is 8.26. The van der Waals surface area contributed by atoms with Crippen LogP contribution in [0.25, 0.3) is 0 Å². The fourth-order valence-electron chi connectivity index (χ4n) is 2.96. The molecule has 0 spiro atoms. The molecule has 2 aromatic rings. The van der Waals surface area contributed by atoms with Crippen molar-refractivity contribution < 1.29 is 4.39 Å². The van der Waals surface area contributed by atoms with Crippen molar-refractivity contribution >= 4 is 11.5 Å². The van der Waals surface area contributed by atoms with E-state index < -0.39 is 0 Å². The Morgan fingerprint density at radius 2 is 1.83 bits per heavy atom. The molecular weight excluding hydrogens is 293 g/mol. The van der Waals surface area contributed by atoms with E-state index in [4.69, 9.17) is 5.73 Å². The summed E-state index contributed by atoms with van der Waals surface area (Å²) in [5.74, 6) is 0.625. The molecule has 1 aromatic carbocycles. The monoisotopic (exact) mass is 313 g/mol. The molecule has 0 bridgehead atoms. The van der Waals surface area contributed by atoms with Gasteiger partial charge >= 0.3 is 0 Å². The van der Waals surface area contributed by atoms with Crippen molar-refractivity contribution in [1.82, 2.24) is 9.47 Å². The first-order chi connectivity index (χ1) is 11.1. The highest BCUT2D eigenvalue weighted by atomic mass is 19.1. The molecule has 0 saturated carbocycles. The number of hydrogen-bond acceptors (Lipinski definition) is 4. The lowest BCUT2D eigenvalue weighted by Gasteiger charge is -2.35. The molecule has 2 N–H and O–H groups in total. The predicted molar refractivity (Wildman–Crippen MR) is 88.8 cm³/mol. The highest BCUT2D eigenvalue weighted by Gasteiger charge is 2.22. The van der Waals surface area contributed by atoms with E-state index in [1.54, 1.807) is 18.2 Å². The number of benzene rings is 1. The maximum absolute atomic E-state index is 13.1. The lowest BCUT2D eigenvalue weighted by molar-refractivity contribution is 0.311. The topological polar surface area (TPSA) is 61.2 Å². The zero-order chi connectivity index (χ0) is 16.4. The minimum absolute atomic E-state index is 0.263. The molecule has 2 heterocycles. The molecule has 1 aromatic heterocycles. The second-order valence-corrected chi connectivity index (χ2v) is 5.92. The van der Waals surface area contributed by atoms with Crippen molar-refractivity contribution in [2.75, 3.05) is 43.9 Å². The third kappa shape index (κ3) is 3.15. The second-order valence-electron chi connectivity index (χ2n) is 5.92. The van der Waals surface area contributed by atoms with Crippen LogP contribution >= 0.6 is 0 Å². The number of halogens is 1. The standard InChI is InChI=1S/C17H20FN5/c1-21-6-8-22(9-7-21)17-16(20)10-15(11-19)23(17)12-13-2-4-14(18)5-3-13/h2-5,10H,6-9,12,20H2,1H3. The van der Waals surface area contributed by atoms with Crippen LogP contribution in [0.2, 0.25) is 0 Å². The van der Waals surface area contributed by atoms with Crippen molar-refractivity contribution in [2.24, 2.45) is 0 Å². The van der Waals surface area contributed by atoms with Gasteiger partial charge in [-0.05, 0) is 30.8 Å². The number of rotatable bonds is 3. The molecule has 1 fully saturated rings. The molecule has 23 heavy (non-hydrogen) atoms. The van der Waals surface area contributed by atoms with E-state index in [1.807, 2.05) is 4.57 Å². The van der Waals surface area contributed by atoms with Gasteiger partial charge in [-0.15, -0.1) is 0 Å². The number of likely N-dealkylation sites (N-methyl/N-ethyl adjacent to an activating group) is 1. The molecule has 1 aliphatic heterocycles. The first-order valence-corrected chi connectivity index (χ1v) is 7.65. The fourth-order valence-corrected chi connectivity index (χ4v) is 2.96. The molecule has 6 heteroatoms. The zero-order valence-electron chi connectivity index (χ0n) is 13.2. The quantitative estimate of drug-likeness (QED) is 0.940. The number of nitriles is 1. The van der Waals surface area contributed by atoms with Crippen molar-refractivity contribution in [2.45, 2.75) is 6.54 Å². The number of nitrogen functional groups attached to an aromatic ring is 1. The average molecular weight is 313 g/mol. The summed E-state index contributed by atoms with van der Waals surface area (Å²) in [7, 11) is 2.10. The summed E-state index contributed by atoms with van der Waals surface area (Å²) >= 11 is 0. The Morgan fingerprint density at radius 1 is 1.17 bits per heavy atom. The number of hydrogen-bond donors (Lipinski definition) is 1. The van der Waals surface area contributed by atoms with E-state index >= 15 is 0 Å². The van der Waals surface area contributed by atoms with Gasteiger partial charge in [0.25, 0.3) is 0 Å². The van der Waals surface area contributed by atoms with Crippen molar-refractivity contribution in [3.05, 3.63) is 47.4 Å². The van der Waals surface area contributed by atoms with Crippen LogP contribution in [0.4, 0.5) is 15.9 Å². The van der Waals surface area contributed by atoms with Gasteiger partial charge in [-0.2, -0.15) is 5.26 Å². The Bertz CT molecular complexity index is 721. The van der Waals surface area contributed by atoms with Crippen molar-refractivity contribution in [3.8, 4) is 6.07 Å². The van der Waals surface area contributed by atoms with E-state index in [1.165, 1.54) is 12.1 Å². The highest BCUT2D eigenvalue weighted by molar-refractivity contribution is 5.68. The van der Waals surface area contributed by atoms with Gasteiger partial charge in [0.1, 0.15) is 23.4 Å². The molecule has 5 nitrogen and oxygen atoms in total. The van der Waals surface area contributed by atoms with Gasteiger partial charge < -0.3 is 20.1 Å². The Labute approximate surface area is 135 Å². The molecule has 0 unspecified atom stereocenters. The molecule has 0 atom stereocenters. The third-order valence-corrected chi connectivity index (χ3v) is 4.27. The third-order valence-electron chi connectivity index (χ3n) is 4.27. The van der Waals surface area contributed by atoms with E-state index in [-0.39, 0.29) is 5.82 Å². The number of nitrogens with zero attached hydrogens (tertiary/aromatic N) is 4. The molecule has 120 valence electrons. The minimum Gasteiger partial charge on any atom is -0.396 e. The Hall–Kier alpha value is -2.52. The maximum atomic E-state index is 13.1. The Balaban J connectivity index is 1.94. The predicted octanol–water partition coefficient (Wildman–Crippen LogP) is 1.88. The summed E-state index contributed by atoms with van der Waals surface area (Å²) < 4.78 is 15.0. The number of piperazine rings is 1. The first-order valence-electron chi connectivity index (χ1n) is 7.65. The van der Waals surface area contributed by atoms with E-state index in [0.29, 0.717) is 17.9 Å². The summed E-state index contributed by atoms with van der Waals surface area (Å²) in [6.07, 6.45) is 0. The van der Waals surface area contributed by atoms with Gasteiger partial charge in [0, 0.05) is 26.2 Å². The van der Waals surface area contributed by atoms with Crippen LogP contribution in [0.5, 0.6) is 0 Å². The van der Waals surface area contributed by atoms with Gasteiger partial charge in [0.15, 0.2) is 0 Å². The Morgan fingerprint density at radius 3 is 2.43 bits per heavy atom. The molecule has 0 amide bonds. The average Bonchev–Trinajstić information content (AvgIpc) is 2.86. The van der Waals surface area contributed by atoms with E-state index in [2.05, 4.69) is 22.9 Å². The zero-order valence-corrected chi connectivity index (χ0v) is 13.2. The van der Waals surface area contributed by atoms with Crippen LogP contribution < -0.4 is 10.6 Å². The summed E-state index contributed by atoms with van der Waals surface area (Å²) in [6, 6.07) is 10.3. The Kier molecular flexibility index (Phi) is 4.22. The van der Waals surface area contributed by atoms with Crippen LogP contribution in [0.15, 0.2) is 30.3 Å². The molecule has 0 aliphatic carbocycles. The SMILES string of the molecule is CN1CCN(c2c(N)cc(C#N)n2Cc2ccc(F)cc2)CC1. The molecule has 3 rings (SSSR count). The summed E-state index contributed by atoms with van der Waals surface area (Å²) in [4.78, 5) is 4.49. The summed E-state index contributed by atoms with van der Waals surface area (Å²) in [5, 5.41) is 9.41. The van der Waals surface area contributed by atoms with Crippen LogP contribution in [-0.4, -0.2) is 42.7 Å². The largest absolute Gasteiger partial charge is 0.396 e.